The first-order valence-corrected chi connectivity index (χ1v) is 6.60. The smallest absolute Gasteiger partial charge is 0.331 e. The highest BCUT2D eigenvalue weighted by Gasteiger charge is 2.20. The molecule has 1 aromatic carbocycles. The number of aromatic nitrogens is 2. The maximum absolute atomic E-state index is 12.1. The van der Waals surface area contributed by atoms with Crippen molar-refractivity contribution in [3.63, 3.8) is 0 Å². The third-order valence-corrected chi connectivity index (χ3v) is 3.38. The third-order valence-electron chi connectivity index (χ3n) is 3.38. The van der Waals surface area contributed by atoms with Gasteiger partial charge < -0.3 is 9.84 Å². The topological polar surface area (TPSA) is 84.3 Å². The number of methoxy groups -OCH3 is 1. The van der Waals surface area contributed by atoms with Crippen molar-refractivity contribution in [2.24, 2.45) is 0 Å². The molecule has 0 bridgehead atoms. The summed E-state index contributed by atoms with van der Waals surface area (Å²) in [6, 6.07) is 6.78. The van der Waals surface area contributed by atoms with Gasteiger partial charge in [-0.15, -0.1) is 0 Å². The van der Waals surface area contributed by atoms with Crippen LogP contribution in [0.5, 0.6) is 5.88 Å². The van der Waals surface area contributed by atoms with E-state index in [2.05, 4.69) is 4.98 Å². The molecule has 6 heteroatoms. The Kier molecular flexibility index (Phi) is 4.28. The van der Waals surface area contributed by atoms with Gasteiger partial charge in [-0.1, -0.05) is 24.3 Å². The summed E-state index contributed by atoms with van der Waals surface area (Å²) in [4.78, 5) is 26.3. The molecular formula is C15H18N2O4. The van der Waals surface area contributed by atoms with Gasteiger partial charge in [0, 0.05) is 7.11 Å². The SMILES string of the molecule is COCC(C)n1c(O)c(-c2ccccc2C)c(=O)[nH]c1=O. The fraction of sp³-hybridized carbons (Fsp3) is 0.333. The van der Waals surface area contributed by atoms with Crippen molar-refractivity contribution in [2.45, 2.75) is 19.9 Å². The Morgan fingerprint density at radius 2 is 2.00 bits per heavy atom. The first-order chi connectivity index (χ1) is 9.97. The molecule has 1 unspecified atom stereocenters. The van der Waals surface area contributed by atoms with Gasteiger partial charge in [0.25, 0.3) is 5.56 Å². The van der Waals surface area contributed by atoms with E-state index in [1.54, 1.807) is 19.1 Å². The molecule has 0 saturated carbocycles. The van der Waals surface area contributed by atoms with Crippen LogP contribution in [0.25, 0.3) is 11.1 Å². The number of aromatic amines is 1. The van der Waals surface area contributed by atoms with Crippen LogP contribution in [-0.4, -0.2) is 28.4 Å². The fourth-order valence-electron chi connectivity index (χ4n) is 2.36. The first kappa shape index (κ1) is 15.1. The summed E-state index contributed by atoms with van der Waals surface area (Å²) in [7, 11) is 1.51. The van der Waals surface area contributed by atoms with Gasteiger partial charge in [-0.25, -0.2) is 4.79 Å². The van der Waals surface area contributed by atoms with Gasteiger partial charge in [0.2, 0.25) is 5.88 Å². The molecule has 0 fully saturated rings. The summed E-state index contributed by atoms with van der Waals surface area (Å²) in [6.45, 7) is 3.81. The fourth-order valence-corrected chi connectivity index (χ4v) is 2.36. The van der Waals surface area contributed by atoms with Crippen molar-refractivity contribution in [1.29, 1.82) is 0 Å². The van der Waals surface area contributed by atoms with Crippen molar-refractivity contribution >= 4 is 0 Å². The molecule has 0 saturated heterocycles. The highest BCUT2D eigenvalue weighted by atomic mass is 16.5. The molecule has 0 aliphatic carbocycles. The Balaban J connectivity index is 2.74. The van der Waals surface area contributed by atoms with Crippen molar-refractivity contribution in [1.82, 2.24) is 9.55 Å². The van der Waals surface area contributed by atoms with E-state index in [1.807, 2.05) is 19.1 Å². The predicted molar refractivity (Wildman–Crippen MR) is 79.7 cm³/mol. The number of hydrogen-bond donors (Lipinski definition) is 2. The maximum atomic E-state index is 12.1. The van der Waals surface area contributed by atoms with Crippen LogP contribution in [0.3, 0.4) is 0 Å². The molecule has 1 atom stereocenters. The monoisotopic (exact) mass is 290 g/mol. The summed E-state index contributed by atoms with van der Waals surface area (Å²) >= 11 is 0. The number of nitrogens with zero attached hydrogens (tertiary/aromatic N) is 1. The molecule has 1 aromatic heterocycles. The Morgan fingerprint density at radius 3 is 2.62 bits per heavy atom. The number of nitrogens with one attached hydrogen (secondary N) is 1. The predicted octanol–water partition coefficient (Wildman–Crippen LogP) is 1.43. The molecule has 0 amide bonds. The molecule has 0 aliphatic heterocycles. The number of H-pyrrole nitrogens is 1. The molecule has 1 heterocycles. The number of aryl methyl sites for hydroxylation is 1. The van der Waals surface area contributed by atoms with Gasteiger partial charge in [-0.3, -0.25) is 14.3 Å². The van der Waals surface area contributed by atoms with Crippen LogP contribution >= 0.6 is 0 Å². The lowest BCUT2D eigenvalue weighted by Gasteiger charge is -2.17. The van der Waals surface area contributed by atoms with Crippen LogP contribution in [-0.2, 0) is 4.74 Å². The molecule has 2 rings (SSSR count). The minimum Gasteiger partial charge on any atom is -0.494 e. The molecule has 2 N–H and O–H groups in total. The summed E-state index contributed by atoms with van der Waals surface area (Å²) in [6.07, 6.45) is 0. The highest BCUT2D eigenvalue weighted by Crippen LogP contribution is 2.28. The second-order valence-electron chi connectivity index (χ2n) is 4.95. The Morgan fingerprint density at radius 1 is 1.33 bits per heavy atom. The lowest BCUT2D eigenvalue weighted by Crippen LogP contribution is -2.34. The Hall–Kier alpha value is -2.34. The van der Waals surface area contributed by atoms with Gasteiger partial charge in [-0.05, 0) is 25.0 Å². The molecule has 6 nitrogen and oxygen atoms in total. The lowest BCUT2D eigenvalue weighted by molar-refractivity contribution is 0.155. The lowest BCUT2D eigenvalue weighted by atomic mass is 10.0. The normalized spacial score (nSPS) is 12.3. The minimum atomic E-state index is -0.653. The van der Waals surface area contributed by atoms with Crippen LogP contribution in [0.1, 0.15) is 18.5 Å². The number of hydrogen-bond acceptors (Lipinski definition) is 4. The van der Waals surface area contributed by atoms with Crippen LogP contribution in [0.15, 0.2) is 33.9 Å². The van der Waals surface area contributed by atoms with E-state index < -0.39 is 17.3 Å². The average Bonchev–Trinajstić information content (AvgIpc) is 2.40. The van der Waals surface area contributed by atoms with Crippen molar-refractivity contribution in [3.8, 4) is 17.0 Å². The zero-order valence-electron chi connectivity index (χ0n) is 12.2. The summed E-state index contributed by atoms with van der Waals surface area (Å²) in [5.41, 5.74) is 0.264. The largest absolute Gasteiger partial charge is 0.494 e. The van der Waals surface area contributed by atoms with E-state index in [4.69, 9.17) is 4.74 Å². The molecule has 0 radical (unpaired) electrons. The summed E-state index contributed by atoms with van der Waals surface area (Å²) < 4.78 is 6.14. The zero-order chi connectivity index (χ0) is 15.6. The molecular weight excluding hydrogens is 272 g/mol. The number of aromatic hydroxyl groups is 1. The molecule has 21 heavy (non-hydrogen) atoms. The first-order valence-electron chi connectivity index (χ1n) is 6.60. The van der Waals surface area contributed by atoms with Crippen LogP contribution in [0, 0.1) is 6.92 Å². The average molecular weight is 290 g/mol. The van der Waals surface area contributed by atoms with E-state index >= 15 is 0 Å². The van der Waals surface area contributed by atoms with Gasteiger partial charge in [0.1, 0.15) is 5.56 Å². The second kappa shape index (κ2) is 5.97. The van der Waals surface area contributed by atoms with E-state index in [0.717, 1.165) is 10.1 Å². The number of benzene rings is 1. The summed E-state index contributed by atoms with van der Waals surface area (Å²) in [5, 5.41) is 10.4. The van der Waals surface area contributed by atoms with Crippen molar-refractivity contribution < 1.29 is 9.84 Å². The van der Waals surface area contributed by atoms with Crippen LogP contribution in [0.2, 0.25) is 0 Å². The summed E-state index contributed by atoms with van der Waals surface area (Å²) in [5.74, 6) is -0.345. The third kappa shape index (κ3) is 2.75. The molecule has 2 aromatic rings. The molecule has 0 spiro atoms. The van der Waals surface area contributed by atoms with E-state index in [-0.39, 0.29) is 18.1 Å². The van der Waals surface area contributed by atoms with E-state index in [1.165, 1.54) is 7.11 Å². The van der Waals surface area contributed by atoms with Crippen LogP contribution in [0.4, 0.5) is 0 Å². The number of ether oxygens (including phenoxy) is 1. The molecule has 0 aliphatic rings. The minimum absolute atomic E-state index is 0.0932. The van der Waals surface area contributed by atoms with Gasteiger partial charge in [0.15, 0.2) is 0 Å². The van der Waals surface area contributed by atoms with Crippen molar-refractivity contribution in [3.05, 3.63) is 50.7 Å². The zero-order valence-corrected chi connectivity index (χ0v) is 12.2. The second-order valence-corrected chi connectivity index (χ2v) is 4.95. The maximum Gasteiger partial charge on any atom is 0.331 e. The van der Waals surface area contributed by atoms with Crippen LogP contribution < -0.4 is 11.2 Å². The standard InChI is InChI=1S/C15H18N2O4/c1-9-6-4-5-7-11(9)12-13(18)16-15(20)17(14(12)19)10(2)8-21-3/h4-7,10,19H,8H2,1-3H3,(H,16,18,20). The van der Waals surface area contributed by atoms with E-state index in [0.29, 0.717) is 5.56 Å². The quantitative estimate of drug-likeness (QED) is 0.892. The van der Waals surface area contributed by atoms with Gasteiger partial charge in [0.05, 0.1) is 12.6 Å². The molecule has 112 valence electrons. The number of rotatable bonds is 4. The van der Waals surface area contributed by atoms with Gasteiger partial charge >= 0.3 is 5.69 Å². The van der Waals surface area contributed by atoms with Crippen molar-refractivity contribution in [2.75, 3.05) is 13.7 Å². The van der Waals surface area contributed by atoms with E-state index in [9.17, 15) is 14.7 Å². The Bertz CT molecular complexity index is 761. The Labute approximate surface area is 121 Å². The van der Waals surface area contributed by atoms with Gasteiger partial charge in [-0.2, -0.15) is 0 Å². The highest BCUT2D eigenvalue weighted by molar-refractivity contribution is 5.70.